The second-order valence-corrected chi connectivity index (χ2v) is 7.12. The maximum Gasteiger partial charge on any atom is 0.118 e. The second kappa shape index (κ2) is 6.83. The molecular weight excluding hydrogens is 258 g/mol. The van der Waals surface area contributed by atoms with Gasteiger partial charge < -0.3 is 10.1 Å². The van der Waals surface area contributed by atoms with Crippen molar-refractivity contribution in [2.24, 2.45) is 5.92 Å². The van der Waals surface area contributed by atoms with Crippen LogP contribution >= 0.6 is 0 Å². The zero-order valence-electron chi connectivity index (χ0n) is 13.5. The van der Waals surface area contributed by atoms with E-state index in [0.29, 0.717) is 0 Å². The molecule has 2 aliphatic carbocycles. The summed E-state index contributed by atoms with van der Waals surface area (Å²) >= 11 is 0. The quantitative estimate of drug-likeness (QED) is 0.823. The van der Waals surface area contributed by atoms with Crippen LogP contribution in [0.4, 0.5) is 0 Å². The van der Waals surface area contributed by atoms with Crippen molar-refractivity contribution in [2.45, 2.75) is 69.9 Å². The number of rotatable bonds is 4. The fraction of sp³-hybridized carbons (Fsp3) is 0.684. The van der Waals surface area contributed by atoms with Gasteiger partial charge in [-0.2, -0.15) is 0 Å². The largest absolute Gasteiger partial charge is 0.497 e. The first-order valence-corrected chi connectivity index (χ1v) is 8.64. The Kier molecular flexibility index (Phi) is 4.84. The second-order valence-electron chi connectivity index (χ2n) is 7.12. The van der Waals surface area contributed by atoms with Gasteiger partial charge in [0, 0.05) is 12.1 Å². The summed E-state index contributed by atoms with van der Waals surface area (Å²) in [5.41, 5.74) is 1.48. The summed E-state index contributed by atoms with van der Waals surface area (Å²) < 4.78 is 5.23. The van der Waals surface area contributed by atoms with Crippen LogP contribution in [0.25, 0.3) is 0 Å². The summed E-state index contributed by atoms with van der Waals surface area (Å²) in [6.45, 7) is 2.41. The SMILES string of the molecule is COc1ccc(C2CC(NC3CCCC(C)CC3)C2)cc1. The van der Waals surface area contributed by atoms with Crippen LogP contribution in [-0.4, -0.2) is 19.2 Å². The Hall–Kier alpha value is -1.02. The smallest absolute Gasteiger partial charge is 0.118 e. The van der Waals surface area contributed by atoms with E-state index in [1.807, 2.05) is 0 Å². The first kappa shape index (κ1) is 14.9. The molecule has 2 fully saturated rings. The molecular formula is C19H29NO. The lowest BCUT2D eigenvalue weighted by atomic mass is 9.75. The minimum atomic E-state index is 0.746. The van der Waals surface area contributed by atoms with E-state index in [2.05, 4.69) is 36.5 Å². The molecule has 1 aromatic rings. The third kappa shape index (κ3) is 3.79. The fourth-order valence-electron chi connectivity index (χ4n) is 3.89. The molecule has 0 aliphatic heterocycles. The van der Waals surface area contributed by atoms with Crippen molar-refractivity contribution >= 4 is 0 Å². The van der Waals surface area contributed by atoms with Gasteiger partial charge in [-0.3, -0.25) is 0 Å². The first-order chi connectivity index (χ1) is 10.2. The van der Waals surface area contributed by atoms with Gasteiger partial charge in [0.1, 0.15) is 5.75 Å². The molecule has 0 bridgehead atoms. The molecule has 2 atom stereocenters. The van der Waals surface area contributed by atoms with Crippen molar-refractivity contribution in [3.05, 3.63) is 29.8 Å². The van der Waals surface area contributed by atoms with Gasteiger partial charge in [0.2, 0.25) is 0 Å². The van der Waals surface area contributed by atoms with E-state index in [-0.39, 0.29) is 0 Å². The van der Waals surface area contributed by atoms with Gasteiger partial charge in [0.05, 0.1) is 7.11 Å². The van der Waals surface area contributed by atoms with Gasteiger partial charge in [-0.1, -0.05) is 31.9 Å². The molecule has 0 aromatic heterocycles. The Labute approximate surface area is 129 Å². The predicted molar refractivity (Wildman–Crippen MR) is 87.9 cm³/mol. The number of hydrogen-bond donors (Lipinski definition) is 1. The van der Waals surface area contributed by atoms with Crippen molar-refractivity contribution < 1.29 is 4.74 Å². The van der Waals surface area contributed by atoms with E-state index >= 15 is 0 Å². The lowest BCUT2D eigenvalue weighted by molar-refractivity contribution is 0.254. The number of ether oxygens (including phenoxy) is 1. The summed E-state index contributed by atoms with van der Waals surface area (Å²) in [4.78, 5) is 0. The minimum absolute atomic E-state index is 0.746. The Morgan fingerprint density at radius 2 is 1.71 bits per heavy atom. The maximum atomic E-state index is 5.23. The Morgan fingerprint density at radius 3 is 2.43 bits per heavy atom. The van der Waals surface area contributed by atoms with Gasteiger partial charge in [-0.25, -0.2) is 0 Å². The Bertz CT molecular complexity index is 435. The molecule has 0 radical (unpaired) electrons. The minimum Gasteiger partial charge on any atom is -0.497 e. The third-order valence-corrected chi connectivity index (χ3v) is 5.45. The van der Waals surface area contributed by atoms with E-state index in [1.165, 1.54) is 50.5 Å². The van der Waals surface area contributed by atoms with Gasteiger partial charge in [-0.05, 0) is 61.6 Å². The normalized spacial score (nSPS) is 33.0. The van der Waals surface area contributed by atoms with Crippen molar-refractivity contribution in [3.63, 3.8) is 0 Å². The average Bonchev–Trinajstić information content (AvgIpc) is 2.67. The van der Waals surface area contributed by atoms with E-state index in [4.69, 9.17) is 4.74 Å². The van der Waals surface area contributed by atoms with E-state index in [1.54, 1.807) is 7.11 Å². The molecule has 1 aromatic carbocycles. The standard InChI is InChI=1S/C19H29NO/c1-14-4-3-5-17(9-6-14)20-18-12-16(13-18)15-7-10-19(21-2)11-8-15/h7-8,10-11,14,16-18,20H,3-6,9,12-13H2,1-2H3. The summed E-state index contributed by atoms with van der Waals surface area (Å²) in [5.74, 6) is 2.64. The summed E-state index contributed by atoms with van der Waals surface area (Å²) in [7, 11) is 1.73. The van der Waals surface area contributed by atoms with Gasteiger partial charge in [0.15, 0.2) is 0 Å². The molecule has 2 nitrogen and oxygen atoms in total. The Morgan fingerprint density at radius 1 is 0.952 bits per heavy atom. The molecule has 2 saturated carbocycles. The fourth-order valence-corrected chi connectivity index (χ4v) is 3.89. The lowest BCUT2D eigenvalue weighted by Crippen LogP contribution is -2.45. The zero-order chi connectivity index (χ0) is 14.7. The maximum absolute atomic E-state index is 5.23. The molecule has 2 aliphatic rings. The molecule has 21 heavy (non-hydrogen) atoms. The number of benzene rings is 1. The van der Waals surface area contributed by atoms with Crippen LogP contribution in [0, 0.1) is 5.92 Å². The van der Waals surface area contributed by atoms with Crippen LogP contribution in [0.15, 0.2) is 24.3 Å². The van der Waals surface area contributed by atoms with Crippen molar-refractivity contribution in [1.29, 1.82) is 0 Å². The molecule has 2 heteroatoms. The molecule has 0 saturated heterocycles. The molecule has 1 N–H and O–H groups in total. The molecule has 116 valence electrons. The van der Waals surface area contributed by atoms with Crippen molar-refractivity contribution in [1.82, 2.24) is 5.32 Å². The predicted octanol–water partition coefficient (Wildman–Crippen LogP) is 4.50. The van der Waals surface area contributed by atoms with Gasteiger partial charge in [0.25, 0.3) is 0 Å². The van der Waals surface area contributed by atoms with Crippen molar-refractivity contribution in [2.75, 3.05) is 7.11 Å². The highest BCUT2D eigenvalue weighted by molar-refractivity contribution is 5.30. The number of nitrogens with one attached hydrogen (secondary N) is 1. The van der Waals surface area contributed by atoms with Crippen LogP contribution in [-0.2, 0) is 0 Å². The average molecular weight is 287 g/mol. The van der Waals surface area contributed by atoms with Crippen LogP contribution in [0.3, 0.4) is 0 Å². The number of methoxy groups -OCH3 is 1. The molecule has 0 heterocycles. The molecule has 3 rings (SSSR count). The van der Waals surface area contributed by atoms with E-state index in [0.717, 1.165) is 29.7 Å². The van der Waals surface area contributed by atoms with Crippen LogP contribution < -0.4 is 10.1 Å². The number of hydrogen-bond acceptors (Lipinski definition) is 2. The first-order valence-electron chi connectivity index (χ1n) is 8.64. The monoisotopic (exact) mass is 287 g/mol. The van der Waals surface area contributed by atoms with Gasteiger partial charge in [-0.15, -0.1) is 0 Å². The van der Waals surface area contributed by atoms with Crippen LogP contribution in [0.5, 0.6) is 5.75 Å². The highest BCUT2D eigenvalue weighted by atomic mass is 16.5. The summed E-state index contributed by atoms with van der Waals surface area (Å²) in [5, 5.41) is 3.91. The van der Waals surface area contributed by atoms with Crippen LogP contribution in [0.1, 0.15) is 63.4 Å². The highest BCUT2D eigenvalue weighted by Crippen LogP contribution is 2.38. The Balaban J connectivity index is 1.44. The van der Waals surface area contributed by atoms with E-state index < -0.39 is 0 Å². The topological polar surface area (TPSA) is 21.3 Å². The lowest BCUT2D eigenvalue weighted by Gasteiger charge is -2.39. The highest BCUT2D eigenvalue weighted by Gasteiger charge is 2.31. The zero-order valence-corrected chi connectivity index (χ0v) is 13.5. The molecule has 0 amide bonds. The third-order valence-electron chi connectivity index (χ3n) is 5.45. The van der Waals surface area contributed by atoms with E-state index in [9.17, 15) is 0 Å². The summed E-state index contributed by atoms with van der Waals surface area (Å²) in [6, 6.07) is 10.2. The van der Waals surface area contributed by atoms with Crippen LogP contribution in [0.2, 0.25) is 0 Å². The molecule has 2 unspecified atom stereocenters. The van der Waals surface area contributed by atoms with Gasteiger partial charge >= 0.3 is 0 Å². The molecule has 0 spiro atoms. The van der Waals surface area contributed by atoms with Crippen molar-refractivity contribution in [3.8, 4) is 5.75 Å². The summed E-state index contributed by atoms with van der Waals surface area (Å²) in [6.07, 6.45) is 9.62.